The molecule has 1 aliphatic rings. The molecule has 0 unspecified atom stereocenters. The van der Waals surface area contributed by atoms with Crippen molar-refractivity contribution in [3.05, 3.63) is 29.8 Å². The van der Waals surface area contributed by atoms with E-state index in [1.54, 1.807) is 12.0 Å². The molecule has 1 fully saturated rings. The minimum atomic E-state index is -0.257. The second kappa shape index (κ2) is 8.23. The number of nitrogens with zero attached hydrogens (tertiary/aromatic N) is 2. The number of hydrogen-bond acceptors (Lipinski definition) is 3. The summed E-state index contributed by atoms with van der Waals surface area (Å²) in [4.78, 5) is 28.5. The number of benzene rings is 1. The summed E-state index contributed by atoms with van der Waals surface area (Å²) in [6, 6.07) is 7.50. The first kappa shape index (κ1) is 19.1. The van der Waals surface area contributed by atoms with E-state index in [4.69, 9.17) is 4.74 Å². The van der Waals surface area contributed by atoms with Crippen LogP contribution in [-0.2, 0) is 11.2 Å². The Kier molecular flexibility index (Phi) is 6.28. The molecule has 1 heterocycles. The normalized spacial score (nSPS) is 15.5. The molecule has 6 nitrogen and oxygen atoms in total. The van der Waals surface area contributed by atoms with E-state index in [0.717, 1.165) is 17.7 Å². The van der Waals surface area contributed by atoms with Gasteiger partial charge in [0, 0.05) is 31.7 Å². The minimum absolute atomic E-state index is 0.0584. The van der Waals surface area contributed by atoms with E-state index < -0.39 is 0 Å². The monoisotopic (exact) mass is 347 g/mol. The molecular formula is C19H29N3O3. The Labute approximate surface area is 150 Å². The second-order valence-corrected chi connectivity index (χ2v) is 7.43. The van der Waals surface area contributed by atoms with Crippen molar-refractivity contribution in [3.63, 3.8) is 0 Å². The fourth-order valence-electron chi connectivity index (χ4n) is 2.80. The van der Waals surface area contributed by atoms with Gasteiger partial charge in [0.15, 0.2) is 0 Å². The molecule has 0 saturated carbocycles. The van der Waals surface area contributed by atoms with Gasteiger partial charge in [-0.3, -0.25) is 4.79 Å². The maximum atomic E-state index is 12.6. The standard InChI is InChI=1S/C19H29N3O3/c1-19(2,3)20-18(24)22-11-5-10-21(12-13-22)17(23)14-15-6-8-16(25-4)9-7-15/h6-9H,5,10-14H2,1-4H3,(H,20,24). The molecule has 1 aromatic carbocycles. The summed E-state index contributed by atoms with van der Waals surface area (Å²) in [5.74, 6) is 0.884. The summed E-state index contributed by atoms with van der Waals surface area (Å²) < 4.78 is 5.14. The minimum Gasteiger partial charge on any atom is -0.497 e. The van der Waals surface area contributed by atoms with Crippen molar-refractivity contribution in [2.45, 2.75) is 39.2 Å². The van der Waals surface area contributed by atoms with Gasteiger partial charge in [0.1, 0.15) is 5.75 Å². The van der Waals surface area contributed by atoms with Crippen LogP contribution in [0.15, 0.2) is 24.3 Å². The van der Waals surface area contributed by atoms with Crippen molar-refractivity contribution in [2.75, 3.05) is 33.3 Å². The molecule has 0 spiro atoms. The molecule has 1 saturated heterocycles. The Balaban J connectivity index is 1.88. The van der Waals surface area contributed by atoms with Crippen molar-refractivity contribution >= 4 is 11.9 Å². The highest BCUT2D eigenvalue weighted by Gasteiger charge is 2.24. The van der Waals surface area contributed by atoms with Gasteiger partial charge in [0.25, 0.3) is 0 Å². The number of carbonyl (C=O) groups is 2. The van der Waals surface area contributed by atoms with Crippen molar-refractivity contribution in [1.29, 1.82) is 0 Å². The summed E-state index contributed by atoms with van der Waals surface area (Å²) >= 11 is 0. The van der Waals surface area contributed by atoms with Crippen LogP contribution in [0.4, 0.5) is 4.79 Å². The van der Waals surface area contributed by atoms with Crippen LogP contribution in [0, 0.1) is 0 Å². The van der Waals surface area contributed by atoms with E-state index in [1.807, 2.05) is 49.9 Å². The third-order valence-corrected chi connectivity index (χ3v) is 4.13. The molecule has 6 heteroatoms. The number of urea groups is 1. The molecule has 0 radical (unpaired) electrons. The summed E-state index contributed by atoms with van der Waals surface area (Å²) in [5, 5.41) is 2.98. The van der Waals surface area contributed by atoms with Crippen LogP contribution in [0.2, 0.25) is 0 Å². The summed E-state index contributed by atoms with van der Waals surface area (Å²) in [7, 11) is 1.62. The Bertz CT molecular complexity index is 593. The lowest BCUT2D eigenvalue weighted by atomic mass is 10.1. The van der Waals surface area contributed by atoms with Gasteiger partial charge in [-0.1, -0.05) is 12.1 Å². The van der Waals surface area contributed by atoms with Crippen LogP contribution in [0.3, 0.4) is 0 Å². The van der Waals surface area contributed by atoms with E-state index in [-0.39, 0.29) is 17.5 Å². The molecule has 25 heavy (non-hydrogen) atoms. The third-order valence-electron chi connectivity index (χ3n) is 4.13. The van der Waals surface area contributed by atoms with E-state index in [0.29, 0.717) is 32.6 Å². The Hall–Kier alpha value is -2.24. The Morgan fingerprint density at radius 3 is 2.24 bits per heavy atom. The number of ether oxygens (including phenoxy) is 1. The molecule has 0 atom stereocenters. The van der Waals surface area contributed by atoms with Crippen LogP contribution in [0.25, 0.3) is 0 Å². The largest absolute Gasteiger partial charge is 0.497 e. The van der Waals surface area contributed by atoms with Crippen LogP contribution in [-0.4, -0.2) is 60.6 Å². The molecule has 1 aromatic rings. The number of carbonyl (C=O) groups excluding carboxylic acids is 2. The highest BCUT2D eigenvalue weighted by Crippen LogP contribution is 2.13. The summed E-state index contributed by atoms with van der Waals surface area (Å²) in [6.07, 6.45) is 1.17. The number of rotatable bonds is 3. The lowest BCUT2D eigenvalue weighted by Gasteiger charge is -2.27. The Morgan fingerprint density at radius 2 is 1.64 bits per heavy atom. The van der Waals surface area contributed by atoms with Gasteiger partial charge in [-0.15, -0.1) is 0 Å². The Morgan fingerprint density at radius 1 is 1.04 bits per heavy atom. The number of amides is 3. The van der Waals surface area contributed by atoms with Crippen LogP contribution < -0.4 is 10.1 Å². The van der Waals surface area contributed by atoms with Gasteiger partial charge in [0.05, 0.1) is 13.5 Å². The molecule has 1 N–H and O–H groups in total. The first-order valence-electron chi connectivity index (χ1n) is 8.76. The topological polar surface area (TPSA) is 61.9 Å². The average Bonchev–Trinajstić information content (AvgIpc) is 2.80. The average molecular weight is 347 g/mol. The highest BCUT2D eigenvalue weighted by molar-refractivity contribution is 5.79. The quantitative estimate of drug-likeness (QED) is 0.912. The maximum Gasteiger partial charge on any atom is 0.317 e. The van der Waals surface area contributed by atoms with Crippen molar-refractivity contribution in [3.8, 4) is 5.75 Å². The van der Waals surface area contributed by atoms with Crippen LogP contribution in [0.5, 0.6) is 5.75 Å². The molecule has 0 aliphatic carbocycles. The molecule has 2 rings (SSSR count). The molecule has 138 valence electrons. The number of hydrogen-bond donors (Lipinski definition) is 1. The van der Waals surface area contributed by atoms with E-state index in [9.17, 15) is 9.59 Å². The molecule has 0 bridgehead atoms. The number of nitrogens with one attached hydrogen (secondary N) is 1. The predicted molar refractivity (Wildman–Crippen MR) is 97.8 cm³/mol. The first-order valence-corrected chi connectivity index (χ1v) is 8.76. The lowest BCUT2D eigenvalue weighted by Crippen LogP contribution is -2.49. The van der Waals surface area contributed by atoms with Gasteiger partial charge in [-0.2, -0.15) is 0 Å². The van der Waals surface area contributed by atoms with Crippen molar-refractivity contribution in [2.24, 2.45) is 0 Å². The molecule has 1 aliphatic heterocycles. The fourth-order valence-corrected chi connectivity index (χ4v) is 2.80. The summed E-state index contributed by atoms with van der Waals surface area (Å²) in [5.41, 5.74) is 0.713. The SMILES string of the molecule is COc1ccc(CC(=O)N2CCCN(C(=O)NC(C)(C)C)CC2)cc1. The van der Waals surface area contributed by atoms with E-state index in [1.165, 1.54) is 0 Å². The zero-order valence-corrected chi connectivity index (χ0v) is 15.7. The third kappa shape index (κ3) is 5.96. The van der Waals surface area contributed by atoms with Gasteiger partial charge < -0.3 is 19.9 Å². The first-order chi connectivity index (χ1) is 11.8. The van der Waals surface area contributed by atoms with Crippen LogP contribution >= 0.6 is 0 Å². The zero-order chi connectivity index (χ0) is 18.4. The van der Waals surface area contributed by atoms with Crippen molar-refractivity contribution < 1.29 is 14.3 Å². The molecular weight excluding hydrogens is 318 g/mol. The van der Waals surface area contributed by atoms with Gasteiger partial charge in [0.2, 0.25) is 5.91 Å². The summed E-state index contributed by atoms with van der Waals surface area (Å²) in [6.45, 7) is 8.40. The van der Waals surface area contributed by atoms with Gasteiger partial charge >= 0.3 is 6.03 Å². The maximum absolute atomic E-state index is 12.6. The number of methoxy groups -OCH3 is 1. The van der Waals surface area contributed by atoms with E-state index in [2.05, 4.69) is 5.32 Å². The van der Waals surface area contributed by atoms with E-state index >= 15 is 0 Å². The smallest absolute Gasteiger partial charge is 0.317 e. The second-order valence-electron chi connectivity index (χ2n) is 7.43. The van der Waals surface area contributed by atoms with Gasteiger partial charge in [-0.25, -0.2) is 4.79 Å². The van der Waals surface area contributed by atoms with Crippen LogP contribution in [0.1, 0.15) is 32.8 Å². The van der Waals surface area contributed by atoms with Gasteiger partial charge in [-0.05, 0) is 44.9 Å². The highest BCUT2D eigenvalue weighted by atomic mass is 16.5. The molecule has 3 amide bonds. The predicted octanol–water partition coefficient (Wildman–Crippen LogP) is 2.28. The van der Waals surface area contributed by atoms with Crippen molar-refractivity contribution in [1.82, 2.24) is 15.1 Å². The lowest BCUT2D eigenvalue weighted by molar-refractivity contribution is -0.130. The zero-order valence-electron chi connectivity index (χ0n) is 15.7. The fraction of sp³-hybridized carbons (Fsp3) is 0.579. The molecule has 0 aromatic heterocycles.